The molecule has 2 N–H and O–H groups in total. The number of nitrogens with zero attached hydrogens (tertiary/aromatic N) is 2. The van der Waals surface area contributed by atoms with E-state index >= 15 is 0 Å². The molecule has 0 amide bonds. The maximum absolute atomic E-state index is 11.7. The summed E-state index contributed by atoms with van der Waals surface area (Å²) in [4.78, 5) is 8.83. The summed E-state index contributed by atoms with van der Waals surface area (Å²) < 4.78 is 24.4. The Kier molecular flexibility index (Phi) is 7.92. The van der Waals surface area contributed by atoms with Gasteiger partial charge in [0.25, 0.3) is 0 Å². The molecule has 0 bridgehead atoms. The molecule has 26 heavy (non-hydrogen) atoms. The van der Waals surface area contributed by atoms with Crippen molar-refractivity contribution in [1.82, 2.24) is 15.6 Å². The smallest absolute Gasteiger partial charge is 0.191 e. The maximum atomic E-state index is 11.7. The minimum absolute atomic E-state index is 0.376. The number of hydrogen-bond donors (Lipinski definition) is 2. The summed E-state index contributed by atoms with van der Waals surface area (Å²) in [5, 5.41) is 8.51. The van der Waals surface area contributed by atoms with Crippen LogP contribution in [0.2, 0.25) is 0 Å². The van der Waals surface area contributed by atoms with Crippen LogP contribution in [0.4, 0.5) is 0 Å². The van der Waals surface area contributed by atoms with Crippen LogP contribution in [-0.2, 0) is 16.4 Å². The summed E-state index contributed by atoms with van der Waals surface area (Å²) in [6.45, 7) is 3.22. The monoisotopic (exact) mass is 412 g/mol. The van der Waals surface area contributed by atoms with Crippen LogP contribution >= 0.6 is 23.1 Å². The van der Waals surface area contributed by atoms with Crippen LogP contribution in [0.1, 0.15) is 17.5 Å². The van der Waals surface area contributed by atoms with Gasteiger partial charge in [-0.1, -0.05) is 23.9 Å². The highest BCUT2D eigenvalue weighted by Gasteiger charge is 2.10. The fourth-order valence-electron chi connectivity index (χ4n) is 2.36. The second-order valence-corrected chi connectivity index (χ2v) is 9.95. The molecule has 0 aliphatic rings. The van der Waals surface area contributed by atoms with Crippen molar-refractivity contribution in [3.05, 3.63) is 40.9 Å². The molecule has 9 heteroatoms. The van der Waals surface area contributed by atoms with Gasteiger partial charge in [-0.25, -0.2) is 13.4 Å². The van der Waals surface area contributed by atoms with Gasteiger partial charge < -0.3 is 10.6 Å². The molecule has 1 aromatic heterocycles. The Morgan fingerprint density at radius 1 is 1.35 bits per heavy atom. The topological polar surface area (TPSA) is 83.4 Å². The molecular weight excluding hydrogens is 388 g/mol. The average molecular weight is 413 g/mol. The highest BCUT2D eigenvalue weighted by atomic mass is 32.2. The first-order chi connectivity index (χ1) is 12.4. The number of thioether (sulfide) groups is 1. The highest BCUT2D eigenvalue weighted by Crippen LogP contribution is 2.20. The number of aryl methyl sites for hydroxylation is 1. The number of rotatable bonds is 8. The van der Waals surface area contributed by atoms with Crippen LogP contribution in [0, 0.1) is 6.92 Å². The Bertz CT molecular complexity index is 834. The molecule has 6 nitrogen and oxygen atoms in total. The summed E-state index contributed by atoms with van der Waals surface area (Å²) >= 11 is 3.42. The van der Waals surface area contributed by atoms with Crippen LogP contribution in [0.15, 0.2) is 44.0 Å². The van der Waals surface area contributed by atoms with Gasteiger partial charge in [0.05, 0.1) is 4.90 Å². The Hall–Kier alpha value is -1.58. The first-order valence-corrected chi connectivity index (χ1v) is 11.9. The molecule has 0 atom stereocenters. The van der Waals surface area contributed by atoms with Crippen LogP contribution in [0.5, 0.6) is 0 Å². The molecule has 0 fully saturated rings. The number of aliphatic imine (C=N–C) groups is 1. The minimum Gasteiger partial charge on any atom is -0.356 e. The average Bonchev–Trinajstić information content (AvgIpc) is 3.09. The van der Waals surface area contributed by atoms with Crippen molar-refractivity contribution < 1.29 is 8.42 Å². The molecule has 2 rings (SSSR count). The van der Waals surface area contributed by atoms with Crippen LogP contribution in [0.3, 0.4) is 0 Å². The van der Waals surface area contributed by atoms with Crippen molar-refractivity contribution in [3.63, 3.8) is 0 Å². The summed E-state index contributed by atoms with van der Waals surface area (Å²) in [6, 6.07) is 5.38. The van der Waals surface area contributed by atoms with Crippen molar-refractivity contribution in [3.8, 4) is 0 Å². The summed E-state index contributed by atoms with van der Waals surface area (Å²) in [7, 11) is -1.45. The number of nitrogens with one attached hydrogen (secondary N) is 2. The Morgan fingerprint density at radius 2 is 2.15 bits per heavy atom. The third-order valence-corrected chi connectivity index (χ3v) is 6.88. The van der Waals surface area contributed by atoms with Crippen molar-refractivity contribution in [1.29, 1.82) is 0 Å². The molecule has 142 valence electrons. The van der Waals surface area contributed by atoms with Gasteiger partial charge in [0.1, 0.15) is 4.34 Å². The molecule has 1 heterocycles. The first kappa shape index (κ1) is 20.7. The number of hydrogen-bond acceptors (Lipinski definition) is 6. The Morgan fingerprint density at radius 3 is 2.77 bits per heavy atom. The largest absolute Gasteiger partial charge is 0.356 e. The van der Waals surface area contributed by atoms with E-state index in [4.69, 9.17) is 0 Å². The van der Waals surface area contributed by atoms with Crippen LogP contribution in [-0.4, -0.2) is 45.0 Å². The van der Waals surface area contributed by atoms with Gasteiger partial charge in [-0.2, -0.15) is 0 Å². The van der Waals surface area contributed by atoms with Gasteiger partial charge in [-0.05, 0) is 30.5 Å². The third-order valence-electron chi connectivity index (χ3n) is 3.57. The maximum Gasteiger partial charge on any atom is 0.191 e. The fraction of sp³-hybridized carbons (Fsp3) is 0.412. The van der Waals surface area contributed by atoms with Gasteiger partial charge in [-0.15, -0.1) is 11.3 Å². The van der Waals surface area contributed by atoms with Crippen molar-refractivity contribution in [2.75, 3.05) is 25.6 Å². The molecule has 0 saturated carbocycles. The number of sulfone groups is 1. The molecule has 0 unspecified atom stereocenters. The van der Waals surface area contributed by atoms with Crippen LogP contribution in [0.25, 0.3) is 0 Å². The van der Waals surface area contributed by atoms with E-state index < -0.39 is 9.84 Å². The van der Waals surface area contributed by atoms with E-state index in [-0.39, 0.29) is 0 Å². The normalized spacial score (nSPS) is 12.2. The van der Waals surface area contributed by atoms with Crippen LogP contribution < -0.4 is 10.6 Å². The standard InChI is InChI=1S/C17H24N4O2S3/c1-13-11-14(5-6-15(13)26(3,22)23)12-21-16(18-2)19-7-4-9-24-17-20-8-10-25-17/h5-6,8,10-11H,4,7,9,12H2,1-3H3,(H2,18,19,21). The van der Waals surface area contributed by atoms with E-state index in [9.17, 15) is 8.42 Å². The highest BCUT2D eigenvalue weighted by molar-refractivity contribution is 8.01. The van der Waals surface area contributed by atoms with E-state index in [1.165, 1.54) is 6.26 Å². The molecule has 0 saturated heterocycles. The van der Waals surface area contributed by atoms with Gasteiger partial charge >= 0.3 is 0 Å². The van der Waals surface area contributed by atoms with Crippen molar-refractivity contribution in [2.45, 2.75) is 29.1 Å². The summed E-state index contributed by atoms with van der Waals surface area (Å²) in [5.74, 6) is 1.73. The number of aromatic nitrogens is 1. The number of guanidine groups is 1. The van der Waals surface area contributed by atoms with E-state index in [1.54, 1.807) is 36.2 Å². The lowest BCUT2D eigenvalue weighted by molar-refractivity contribution is 0.601. The SMILES string of the molecule is CN=C(NCCCSc1nccs1)NCc1ccc(S(C)(=O)=O)c(C)c1. The zero-order valence-electron chi connectivity index (χ0n) is 15.2. The van der Waals surface area contributed by atoms with Gasteiger partial charge in [0.15, 0.2) is 15.8 Å². The zero-order chi connectivity index (χ0) is 19.0. The van der Waals surface area contributed by atoms with Gasteiger partial charge in [0, 0.05) is 43.7 Å². The van der Waals surface area contributed by atoms with E-state index in [0.29, 0.717) is 11.4 Å². The minimum atomic E-state index is -3.18. The van der Waals surface area contributed by atoms with Crippen molar-refractivity contribution >= 4 is 38.9 Å². The second kappa shape index (κ2) is 9.94. The molecule has 0 radical (unpaired) electrons. The molecular formula is C17H24N4O2S3. The van der Waals surface area contributed by atoms with Gasteiger partial charge in [0.2, 0.25) is 0 Å². The van der Waals surface area contributed by atoms with Crippen molar-refractivity contribution in [2.24, 2.45) is 4.99 Å². The fourth-order valence-corrected chi connectivity index (χ4v) is 4.97. The summed E-state index contributed by atoms with van der Waals surface area (Å²) in [5.41, 5.74) is 1.77. The molecule has 0 spiro atoms. The zero-order valence-corrected chi connectivity index (χ0v) is 17.6. The lowest BCUT2D eigenvalue weighted by Gasteiger charge is -2.13. The van der Waals surface area contributed by atoms with E-state index in [2.05, 4.69) is 20.6 Å². The molecule has 0 aliphatic carbocycles. The summed E-state index contributed by atoms with van der Waals surface area (Å²) in [6.07, 6.45) is 4.06. The Balaban J connectivity index is 1.75. The second-order valence-electron chi connectivity index (χ2n) is 5.72. The Labute approximate surface area is 163 Å². The molecule has 0 aliphatic heterocycles. The van der Waals surface area contributed by atoms with E-state index in [1.807, 2.05) is 30.6 Å². The van der Waals surface area contributed by atoms with E-state index in [0.717, 1.165) is 40.1 Å². The number of benzene rings is 1. The quantitative estimate of drug-likeness (QED) is 0.300. The molecule has 1 aromatic carbocycles. The first-order valence-electron chi connectivity index (χ1n) is 8.16. The molecule has 2 aromatic rings. The lowest BCUT2D eigenvalue weighted by Crippen LogP contribution is -2.37. The third kappa shape index (κ3) is 6.62. The van der Waals surface area contributed by atoms with Gasteiger partial charge in [-0.3, -0.25) is 4.99 Å². The predicted molar refractivity (Wildman–Crippen MR) is 110 cm³/mol. The lowest BCUT2D eigenvalue weighted by atomic mass is 10.1. The number of thiazole rings is 1. The predicted octanol–water partition coefficient (Wildman–Crippen LogP) is 2.70.